The van der Waals surface area contributed by atoms with Gasteiger partial charge in [0.05, 0.1) is 32.0 Å². The second-order valence-corrected chi connectivity index (χ2v) is 9.72. The normalized spacial score (nSPS) is 31.1. The van der Waals surface area contributed by atoms with Crippen LogP contribution in [0, 0.1) is 0 Å². The molecule has 10 heteroatoms. The van der Waals surface area contributed by atoms with Gasteiger partial charge in [0.25, 0.3) is 6.43 Å². The molecule has 7 nitrogen and oxygen atoms in total. The number of carbonyl (C=O) groups excluding carboxylic acids is 1. The van der Waals surface area contributed by atoms with E-state index in [1.807, 2.05) is 13.2 Å². The summed E-state index contributed by atoms with van der Waals surface area (Å²) in [5.74, 6) is 0.316. The van der Waals surface area contributed by atoms with Crippen molar-refractivity contribution >= 4 is 18.0 Å². The lowest BCUT2D eigenvalue weighted by atomic mass is 9.84. The van der Waals surface area contributed by atoms with Crippen molar-refractivity contribution in [2.45, 2.75) is 82.0 Å². The van der Waals surface area contributed by atoms with E-state index in [0.717, 1.165) is 32.1 Å². The van der Waals surface area contributed by atoms with Crippen molar-refractivity contribution in [3.05, 3.63) is 23.4 Å². The van der Waals surface area contributed by atoms with Crippen LogP contribution in [0.5, 0.6) is 5.88 Å². The molecule has 1 saturated carbocycles. The van der Waals surface area contributed by atoms with Gasteiger partial charge in [-0.1, -0.05) is 11.9 Å². The molecule has 1 aromatic rings. The Balaban J connectivity index is 1.52. The lowest BCUT2D eigenvalue weighted by Gasteiger charge is -2.33. The average molecular weight is 486 g/mol. The number of fused-ring (bicyclic) bond motifs is 8. The molecule has 1 aliphatic carbocycles. The van der Waals surface area contributed by atoms with Crippen LogP contribution in [0.2, 0.25) is 0 Å². The van der Waals surface area contributed by atoms with E-state index in [-0.39, 0.29) is 60.9 Å². The Kier molecular flexibility index (Phi) is 8.29. The molecule has 184 valence electrons. The van der Waals surface area contributed by atoms with E-state index in [4.69, 9.17) is 14.2 Å². The van der Waals surface area contributed by atoms with Gasteiger partial charge in [-0.05, 0) is 51.3 Å². The lowest BCUT2D eigenvalue weighted by Crippen LogP contribution is -2.48. The topological polar surface area (TPSA) is 72.9 Å². The monoisotopic (exact) mass is 485 g/mol. The second-order valence-electron chi connectivity index (χ2n) is 9.08. The highest BCUT2D eigenvalue weighted by molar-refractivity contribution is 7.96. The van der Waals surface area contributed by atoms with Gasteiger partial charge in [0.1, 0.15) is 0 Å². The molecule has 3 aliphatic heterocycles. The molecule has 0 aromatic carbocycles. The Morgan fingerprint density at radius 2 is 1.94 bits per heavy atom. The van der Waals surface area contributed by atoms with Gasteiger partial charge in [-0.2, -0.15) is 0 Å². The molecule has 4 bridgehead atoms. The van der Waals surface area contributed by atoms with Crippen molar-refractivity contribution in [2.24, 2.45) is 0 Å². The quantitative estimate of drug-likeness (QED) is 0.623. The van der Waals surface area contributed by atoms with Crippen molar-refractivity contribution in [3.8, 4) is 5.88 Å². The van der Waals surface area contributed by atoms with Gasteiger partial charge in [-0.25, -0.2) is 18.6 Å². The minimum atomic E-state index is -2.58. The van der Waals surface area contributed by atoms with Crippen molar-refractivity contribution in [3.63, 3.8) is 0 Å². The number of nitrogens with zero attached hydrogens (tertiary/aromatic N) is 2. The summed E-state index contributed by atoms with van der Waals surface area (Å²) < 4.78 is 47.8. The number of aromatic nitrogens is 1. The van der Waals surface area contributed by atoms with E-state index in [0.29, 0.717) is 18.7 Å². The number of amides is 1. The number of ether oxygens (including phenoxy) is 3. The minimum Gasteiger partial charge on any atom is -0.478 e. The molecule has 0 radical (unpaired) electrons. The van der Waals surface area contributed by atoms with Gasteiger partial charge in [0.15, 0.2) is 0 Å². The summed E-state index contributed by atoms with van der Waals surface area (Å²) in [5.41, 5.74) is 0.594. The van der Waals surface area contributed by atoms with E-state index in [9.17, 15) is 13.6 Å². The Bertz CT molecular complexity index is 810. The van der Waals surface area contributed by atoms with Crippen molar-refractivity contribution in [2.75, 3.05) is 26.1 Å². The molecule has 1 amide bonds. The summed E-state index contributed by atoms with van der Waals surface area (Å²) >= 11 is 1.55. The highest BCUT2D eigenvalue weighted by Gasteiger charge is 2.43. The van der Waals surface area contributed by atoms with Crippen LogP contribution in [0.25, 0.3) is 0 Å². The van der Waals surface area contributed by atoms with E-state index in [1.54, 1.807) is 16.8 Å². The zero-order chi connectivity index (χ0) is 23.4. The number of hydrogen-bond acceptors (Lipinski definition) is 7. The van der Waals surface area contributed by atoms with E-state index in [2.05, 4.69) is 9.71 Å². The Morgan fingerprint density at radius 1 is 1.18 bits per heavy atom. The first kappa shape index (κ1) is 24.5. The third-order valence-electron chi connectivity index (χ3n) is 6.83. The van der Waals surface area contributed by atoms with Gasteiger partial charge in [-0.15, -0.1) is 0 Å². The predicted octanol–water partition coefficient (Wildman–Crippen LogP) is 4.68. The van der Waals surface area contributed by atoms with Gasteiger partial charge in [0.2, 0.25) is 5.88 Å². The highest BCUT2D eigenvalue weighted by atomic mass is 32.2. The minimum absolute atomic E-state index is 0.0447. The fourth-order valence-corrected chi connectivity index (χ4v) is 5.69. The zero-order valence-electron chi connectivity index (χ0n) is 19.2. The molecule has 5 rings (SSSR count). The summed E-state index contributed by atoms with van der Waals surface area (Å²) in [6, 6.07) is 2.88. The predicted molar refractivity (Wildman–Crippen MR) is 122 cm³/mol. The van der Waals surface area contributed by atoms with Gasteiger partial charge < -0.3 is 14.2 Å². The number of alkyl halides is 2. The SMILES string of the molecule is CSNC1CC(C)N2C(=O)OCCCOc3cc(C(F)F)cc(n3)C3CCC(CC3)OCC12. The fourth-order valence-electron chi connectivity index (χ4n) is 5.13. The van der Waals surface area contributed by atoms with Gasteiger partial charge in [0, 0.05) is 41.7 Å². The average Bonchev–Trinajstić information content (AvgIpc) is 3.12. The molecule has 33 heavy (non-hydrogen) atoms. The molecule has 3 atom stereocenters. The number of nitrogens with one attached hydrogen (secondary N) is 1. The van der Waals surface area contributed by atoms with Crippen LogP contribution in [0.15, 0.2) is 12.1 Å². The van der Waals surface area contributed by atoms with Crippen LogP contribution in [0.3, 0.4) is 0 Å². The first-order chi connectivity index (χ1) is 16.0. The number of rotatable bonds is 3. The van der Waals surface area contributed by atoms with E-state index >= 15 is 0 Å². The Hall–Kier alpha value is -1.65. The molecule has 1 saturated heterocycles. The fraction of sp³-hybridized carbons (Fsp3) is 0.739. The standard InChI is InChI=1S/C23H33F2N3O4S/c1-14-10-19(27-33-2)20-13-32-17-6-4-15(5-7-17)18-11-16(22(24)25)12-21(26-18)30-8-3-9-31-23(29)28(14)20/h11-12,14-15,17,19-20,22,27H,3-10,13H2,1-2H3. The van der Waals surface area contributed by atoms with Crippen LogP contribution in [-0.2, 0) is 9.47 Å². The number of halogens is 2. The first-order valence-corrected chi connectivity index (χ1v) is 13.0. The van der Waals surface area contributed by atoms with Crippen molar-refractivity contribution in [1.29, 1.82) is 0 Å². The third-order valence-corrected chi connectivity index (χ3v) is 7.37. The molecule has 0 spiro atoms. The summed E-state index contributed by atoms with van der Waals surface area (Å²) in [4.78, 5) is 19.2. The molecule has 1 aromatic heterocycles. The van der Waals surface area contributed by atoms with E-state index < -0.39 is 6.43 Å². The van der Waals surface area contributed by atoms with Crippen LogP contribution in [0.1, 0.15) is 69.0 Å². The second kappa shape index (κ2) is 11.2. The Morgan fingerprint density at radius 3 is 2.67 bits per heavy atom. The Labute approximate surface area is 198 Å². The molecule has 2 fully saturated rings. The number of pyridine rings is 1. The lowest BCUT2D eigenvalue weighted by molar-refractivity contribution is -0.0106. The smallest absolute Gasteiger partial charge is 0.410 e. The zero-order valence-corrected chi connectivity index (χ0v) is 20.0. The maximum Gasteiger partial charge on any atom is 0.410 e. The van der Waals surface area contributed by atoms with Crippen molar-refractivity contribution < 1.29 is 27.8 Å². The first-order valence-electron chi connectivity index (χ1n) is 11.7. The summed E-state index contributed by atoms with van der Waals surface area (Å²) in [6.07, 6.45) is 3.71. The van der Waals surface area contributed by atoms with Crippen LogP contribution < -0.4 is 9.46 Å². The molecule has 3 unspecified atom stereocenters. The molecule has 4 aliphatic rings. The molecule has 1 N–H and O–H groups in total. The van der Waals surface area contributed by atoms with Crippen LogP contribution in [0.4, 0.5) is 13.6 Å². The maximum atomic E-state index is 13.5. The highest BCUT2D eigenvalue weighted by Crippen LogP contribution is 2.36. The molecular formula is C23H33F2N3O4S. The van der Waals surface area contributed by atoms with E-state index in [1.165, 1.54) is 12.1 Å². The summed E-state index contributed by atoms with van der Waals surface area (Å²) in [5, 5.41) is 0. The summed E-state index contributed by atoms with van der Waals surface area (Å²) in [7, 11) is 0. The summed E-state index contributed by atoms with van der Waals surface area (Å²) in [6.45, 7) is 2.90. The van der Waals surface area contributed by atoms with Gasteiger partial charge >= 0.3 is 6.09 Å². The van der Waals surface area contributed by atoms with Crippen molar-refractivity contribution in [1.82, 2.24) is 14.6 Å². The largest absolute Gasteiger partial charge is 0.478 e. The van der Waals surface area contributed by atoms with Crippen LogP contribution in [-0.4, -0.2) is 66.3 Å². The third kappa shape index (κ3) is 5.89. The molecular weight excluding hydrogens is 452 g/mol. The number of carbonyl (C=O) groups is 1. The van der Waals surface area contributed by atoms with Crippen LogP contribution >= 0.6 is 11.9 Å². The molecule has 4 heterocycles. The maximum absolute atomic E-state index is 13.5. The number of hydrogen-bond donors (Lipinski definition) is 1. The van der Waals surface area contributed by atoms with Gasteiger partial charge in [-0.3, -0.25) is 9.62 Å².